The minimum absolute atomic E-state index is 0.125. The molecule has 0 fully saturated rings. The number of halogens is 4. The lowest BCUT2D eigenvalue weighted by Crippen LogP contribution is -2.13. The number of hydrogen-bond acceptors (Lipinski definition) is 1. The molecule has 0 aliphatic rings. The van der Waals surface area contributed by atoms with Crippen LogP contribution in [0.2, 0.25) is 0 Å². The molecule has 0 bridgehead atoms. The molecule has 1 heterocycles. The second-order valence-electron chi connectivity index (χ2n) is 2.00. The van der Waals surface area contributed by atoms with Crippen molar-refractivity contribution in [1.29, 1.82) is 0 Å². The van der Waals surface area contributed by atoms with E-state index in [0.29, 0.717) is 7.14 Å². The lowest BCUT2D eigenvalue weighted by molar-refractivity contribution is 0.150. The maximum absolute atomic E-state index is 12.2. The van der Waals surface area contributed by atoms with Crippen LogP contribution < -0.4 is 5.56 Å². The van der Waals surface area contributed by atoms with E-state index in [2.05, 4.69) is 4.98 Å². The molecule has 1 N–H and O–H groups in total. The van der Waals surface area contributed by atoms with Crippen molar-refractivity contribution in [1.82, 2.24) is 4.98 Å². The third-order valence-electron chi connectivity index (χ3n) is 1.24. The Kier molecular flexibility index (Phi) is 3.44. The fraction of sp³-hybridized carbons (Fsp3) is 0.167. The average molecular weight is 397 g/mol. The van der Waals surface area contributed by atoms with Crippen LogP contribution in [0.5, 0.6) is 0 Å². The average Bonchev–Trinajstić information content (AvgIpc) is 2.00. The predicted octanol–water partition coefficient (Wildman–Crippen LogP) is 2.52. The van der Waals surface area contributed by atoms with E-state index in [1.165, 1.54) is 0 Å². The molecule has 12 heavy (non-hydrogen) atoms. The van der Waals surface area contributed by atoms with Gasteiger partial charge >= 0.3 is 0 Å². The number of rotatable bonds is 1. The summed E-state index contributed by atoms with van der Waals surface area (Å²) < 4.78 is 25.1. The smallest absolute Gasteiger partial charge is 0.266 e. The summed E-state index contributed by atoms with van der Waals surface area (Å²) in [4.78, 5) is 13.1. The Hall–Kier alpha value is 0.270. The van der Waals surface area contributed by atoms with Gasteiger partial charge in [-0.1, -0.05) is 0 Å². The lowest BCUT2D eigenvalue weighted by atomic mass is 10.3. The van der Waals surface area contributed by atoms with Crippen molar-refractivity contribution in [2.75, 3.05) is 0 Å². The van der Waals surface area contributed by atoms with E-state index in [4.69, 9.17) is 0 Å². The molecule has 0 radical (unpaired) electrons. The summed E-state index contributed by atoms with van der Waals surface area (Å²) in [5, 5.41) is 0. The van der Waals surface area contributed by atoms with Gasteiger partial charge in [0.1, 0.15) is 0 Å². The van der Waals surface area contributed by atoms with Crippen LogP contribution in [0.25, 0.3) is 0 Å². The maximum atomic E-state index is 12.2. The molecule has 0 aromatic carbocycles. The predicted molar refractivity (Wildman–Crippen MR) is 57.5 cm³/mol. The summed E-state index contributed by atoms with van der Waals surface area (Å²) in [5.41, 5.74) is -0.455. The Bertz CT molecular complexity index is 350. The van der Waals surface area contributed by atoms with E-state index in [0.717, 1.165) is 6.20 Å². The SMILES string of the molecule is O=c1[nH]cc(C(F)F)c(I)c1I. The highest BCUT2D eigenvalue weighted by atomic mass is 127. The van der Waals surface area contributed by atoms with Crippen molar-refractivity contribution in [3.63, 3.8) is 0 Å². The van der Waals surface area contributed by atoms with Crippen LogP contribution >= 0.6 is 45.2 Å². The summed E-state index contributed by atoms with van der Waals surface area (Å²) in [5.74, 6) is 0. The van der Waals surface area contributed by atoms with Crippen LogP contribution in [-0.4, -0.2) is 4.98 Å². The number of pyridine rings is 1. The first-order valence-electron chi connectivity index (χ1n) is 2.88. The van der Waals surface area contributed by atoms with Crippen LogP contribution in [0.1, 0.15) is 12.0 Å². The number of hydrogen-bond donors (Lipinski definition) is 1. The summed E-state index contributed by atoms with van der Waals surface area (Å²) in [6, 6.07) is 0. The van der Waals surface area contributed by atoms with Gasteiger partial charge in [0.2, 0.25) is 0 Å². The maximum Gasteiger partial charge on any atom is 0.266 e. The lowest BCUT2D eigenvalue weighted by Gasteiger charge is -2.02. The normalized spacial score (nSPS) is 10.8. The third-order valence-corrected chi connectivity index (χ3v) is 4.46. The van der Waals surface area contributed by atoms with Crippen molar-refractivity contribution in [3.8, 4) is 0 Å². The number of aromatic amines is 1. The zero-order valence-electron chi connectivity index (χ0n) is 5.57. The van der Waals surface area contributed by atoms with Crippen LogP contribution in [-0.2, 0) is 0 Å². The molecular formula is C6H3F2I2NO. The monoisotopic (exact) mass is 397 g/mol. The van der Waals surface area contributed by atoms with E-state index < -0.39 is 6.43 Å². The molecular weight excluding hydrogens is 394 g/mol. The van der Waals surface area contributed by atoms with E-state index >= 15 is 0 Å². The number of aromatic nitrogens is 1. The van der Waals surface area contributed by atoms with Gasteiger partial charge in [0.25, 0.3) is 12.0 Å². The summed E-state index contributed by atoms with van der Waals surface area (Å²) in [6.07, 6.45) is -1.49. The molecule has 2 nitrogen and oxygen atoms in total. The van der Waals surface area contributed by atoms with Crippen molar-refractivity contribution in [3.05, 3.63) is 29.3 Å². The topological polar surface area (TPSA) is 32.9 Å². The second-order valence-corrected chi connectivity index (χ2v) is 4.16. The molecule has 0 amide bonds. The fourth-order valence-corrected chi connectivity index (χ4v) is 1.76. The van der Waals surface area contributed by atoms with Crippen molar-refractivity contribution in [2.24, 2.45) is 0 Å². The van der Waals surface area contributed by atoms with E-state index in [1.807, 2.05) is 0 Å². The standard InChI is InChI=1S/C6H3F2I2NO/c7-5(8)2-1-11-6(12)4(10)3(2)9/h1,5H,(H,11,12). The highest BCUT2D eigenvalue weighted by molar-refractivity contribution is 14.1. The molecule has 0 aliphatic heterocycles. The Balaban J connectivity index is 3.36. The Morgan fingerprint density at radius 1 is 1.33 bits per heavy atom. The summed E-state index contributed by atoms with van der Waals surface area (Å²) >= 11 is 3.48. The van der Waals surface area contributed by atoms with Gasteiger partial charge in [0, 0.05) is 15.3 Å². The van der Waals surface area contributed by atoms with Gasteiger partial charge in [-0.15, -0.1) is 0 Å². The van der Waals surface area contributed by atoms with Gasteiger partial charge in [-0.3, -0.25) is 4.79 Å². The number of alkyl halides is 2. The quantitative estimate of drug-likeness (QED) is 0.727. The molecule has 0 saturated carbocycles. The summed E-state index contributed by atoms with van der Waals surface area (Å²) in [7, 11) is 0. The van der Waals surface area contributed by atoms with Gasteiger partial charge < -0.3 is 4.98 Å². The zero-order chi connectivity index (χ0) is 9.30. The molecule has 1 rings (SSSR count). The van der Waals surface area contributed by atoms with Gasteiger partial charge in [-0.2, -0.15) is 0 Å². The second kappa shape index (κ2) is 3.99. The van der Waals surface area contributed by atoms with Crippen molar-refractivity contribution >= 4 is 45.2 Å². The van der Waals surface area contributed by atoms with Crippen LogP contribution in [0.3, 0.4) is 0 Å². The van der Waals surface area contributed by atoms with Crippen molar-refractivity contribution < 1.29 is 8.78 Å². The first-order chi connectivity index (χ1) is 5.54. The number of H-pyrrole nitrogens is 1. The first kappa shape index (κ1) is 10.4. The molecule has 0 saturated heterocycles. The highest BCUT2D eigenvalue weighted by Gasteiger charge is 2.15. The van der Waals surface area contributed by atoms with Crippen LogP contribution in [0.15, 0.2) is 11.0 Å². The van der Waals surface area contributed by atoms with Gasteiger partial charge in [0.05, 0.1) is 3.57 Å². The fourth-order valence-electron chi connectivity index (χ4n) is 0.655. The molecule has 1 aromatic heterocycles. The molecule has 1 aromatic rings. The van der Waals surface area contributed by atoms with Gasteiger partial charge in [-0.05, 0) is 45.2 Å². The molecule has 66 valence electrons. The largest absolute Gasteiger partial charge is 0.328 e. The van der Waals surface area contributed by atoms with E-state index in [9.17, 15) is 13.6 Å². The molecule has 0 unspecified atom stereocenters. The van der Waals surface area contributed by atoms with Crippen molar-refractivity contribution in [2.45, 2.75) is 6.43 Å². The minimum Gasteiger partial charge on any atom is -0.328 e. The molecule has 0 atom stereocenters. The highest BCUT2D eigenvalue weighted by Crippen LogP contribution is 2.24. The molecule has 0 aliphatic carbocycles. The van der Waals surface area contributed by atoms with E-state index in [-0.39, 0.29) is 11.1 Å². The van der Waals surface area contributed by atoms with Crippen LogP contribution in [0, 0.1) is 7.14 Å². The Morgan fingerprint density at radius 2 is 1.92 bits per heavy atom. The van der Waals surface area contributed by atoms with Gasteiger partial charge in [0.15, 0.2) is 0 Å². The van der Waals surface area contributed by atoms with E-state index in [1.54, 1.807) is 45.2 Å². The first-order valence-corrected chi connectivity index (χ1v) is 5.04. The Morgan fingerprint density at radius 3 is 2.42 bits per heavy atom. The minimum atomic E-state index is -2.54. The van der Waals surface area contributed by atoms with Crippen LogP contribution in [0.4, 0.5) is 8.78 Å². The molecule has 6 heteroatoms. The third kappa shape index (κ3) is 1.95. The molecule has 0 spiro atoms. The summed E-state index contributed by atoms with van der Waals surface area (Å²) in [6.45, 7) is 0. The zero-order valence-corrected chi connectivity index (χ0v) is 9.89. The Labute approximate surface area is 94.0 Å². The van der Waals surface area contributed by atoms with Gasteiger partial charge in [-0.25, -0.2) is 8.78 Å². The number of nitrogens with one attached hydrogen (secondary N) is 1.